The Morgan fingerprint density at radius 2 is 2.29 bits per heavy atom. The van der Waals surface area contributed by atoms with Gasteiger partial charge in [0, 0.05) is 12.2 Å². The molecule has 1 aromatic rings. The van der Waals surface area contributed by atoms with Crippen molar-refractivity contribution in [1.82, 2.24) is 9.55 Å². The number of aromatic nitrogens is 2. The smallest absolute Gasteiger partial charge is 0.315 e. The van der Waals surface area contributed by atoms with E-state index in [1.807, 2.05) is 0 Å². The third-order valence-corrected chi connectivity index (χ3v) is 3.26. The normalized spacial score (nSPS) is 23.4. The van der Waals surface area contributed by atoms with Crippen LogP contribution < -0.4 is 0 Å². The molecule has 1 aromatic heterocycles. The summed E-state index contributed by atoms with van der Waals surface area (Å²) in [5.74, 6) is -0.695. The van der Waals surface area contributed by atoms with E-state index in [9.17, 15) is 4.79 Å². The van der Waals surface area contributed by atoms with Gasteiger partial charge in [-0.1, -0.05) is 0 Å². The fourth-order valence-corrected chi connectivity index (χ4v) is 2.02. The summed E-state index contributed by atoms with van der Waals surface area (Å²) >= 11 is 0. The van der Waals surface area contributed by atoms with E-state index in [4.69, 9.17) is 5.11 Å². The van der Waals surface area contributed by atoms with Gasteiger partial charge in [-0.25, -0.2) is 4.98 Å². The predicted octanol–water partition coefficient (Wildman–Crippen LogP) is 1.33. The summed E-state index contributed by atoms with van der Waals surface area (Å²) in [5, 5.41) is 9.16. The van der Waals surface area contributed by atoms with Crippen molar-refractivity contribution in [3.63, 3.8) is 0 Å². The molecule has 1 N–H and O–H groups in total. The molecule has 0 saturated heterocycles. The van der Waals surface area contributed by atoms with Crippen LogP contribution >= 0.6 is 0 Å². The molecule has 3 rings (SSSR count). The number of hydrogen-bond donors (Lipinski definition) is 1. The SMILES string of the molecule is O=C(O)C1(c2cncn2C2CC2)CC1. The molecule has 2 aliphatic carbocycles. The first-order valence-electron chi connectivity index (χ1n) is 5.00. The minimum absolute atomic E-state index is 0.518. The van der Waals surface area contributed by atoms with E-state index in [-0.39, 0.29) is 0 Å². The number of carboxylic acid groups (broad SMARTS) is 1. The summed E-state index contributed by atoms with van der Waals surface area (Å²) in [6.07, 6.45) is 7.36. The highest BCUT2D eigenvalue weighted by molar-refractivity contribution is 5.84. The molecule has 0 unspecified atom stereocenters. The monoisotopic (exact) mass is 192 g/mol. The molecule has 4 nitrogen and oxygen atoms in total. The Hall–Kier alpha value is -1.32. The molecular weight excluding hydrogens is 180 g/mol. The minimum Gasteiger partial charge on any atom is -0.481 e. The van der Waals surface area contributed by atoms with Crippen molar-refractivity contribution in [1.29, 1.82) is 0 Å². The number of carboxylic acids is 1. The summed E-state index contributed by atoms with van der Waals surface area (Å²) in [4.78, 5) is 15.2. The molecule has 0 aromatic carbocycles. The number of rotatable bonds is 3. The maximum Gasteiger partial charge on any atom is 0.315 e. The minimum atomic E-state index is -0.695. The molecule has 74 valence electrons. The van der Waals surface area contributed by atoms with E-state index in [2.05, 4.69) is 9.55 Å². The van der Waals surface area contributed by atoms with Gasteiger partial charge >= 0.3 is 5.97 Å². The van der Waals surface area contributed by atoms with Gasteiger partial charge in [0.2, 0.25) is 0 Å². The van der Waals surface area contributed by atoms with Crippen molar-refractivity contribution < 1.29 is 9.90 Å². The van der Waals surface area contributed by atoms with Crippen LogP contribution in [0.1, 0.15) is 37.4 Å². The largest absolute Gasteiger partial charge is 0.481 e. The summed E-state index contributed by atoms with van der Waals surface area (Å²) in [6.45, 7) is 0. The summed E-state index contributed by atoms with van der Waals surface area (Å²) in [5.41, 5.74) is 0.312. The summed E-state index contributed by atoms with van der Waals surface area (Å²) in [6, 6.07) is 0.518. The van der Waals surface area contributed by atoms with Gasteiger partial charge in [0.1, 0.15) is 5.41 Å². The van der Waals surface area contributed by atoms with Crippen molar-refractivity contribution in [2.75, 3.05) is 0 Å². The van der Waals surface area contributed by atoms with Gasteiger partial charge in [-0.05, 0) is 25.7 Å². The van der Waals surface area contributed by atoms with E-state index >= 15 is 0 Å². The Bertz CT molecular complexity index is 389. The lowest BCUT2D eigenvalue weighted by Gasteiger charge is -2.12. The van der Waals surface area contributed by atoms with Crippen LogP contribution in [0.25, 0.3) is 0 Å². The first kappa shape index (κ1) is 8.03. The second-order valence-electron chi connectivity index (χ2n) is 4.30. The first-order chi connectivity index (χ1) is 6.74. The summed E-state index contributed by atoms with van der Waals surface area (Å²) < 4.78 is 2.06. The van der Waals surface area contributed by atoms with Gasteiger partial charge in [-0.2, -0.15) is 0 Å². The Morgan fingerprint density at radius 3 is 2.79 bits per heavy atom. The van der Waals surface area contributed by atoms with Gasteiger partial charge in [0.15, 0.2) is 0 Å². The molecule has 0 spiro atoms. The molecule has 14 heavy (non-hydrogen) atoms. The van der Waals surface area contributed by atoms with Crippen molar-refractivity contribution in [2.24, 2.45) is 0 Å². The quantitative estimate of drug-likeness (QED) is 0.786. The van der Waals surface area contributed by atoms with Gasteiger partial charge in [0.25, 0.3) is 0 Å². The van der Waals surface area contributed by atoms with Crippen LogP contribution in [0.3, 0.4) is 0 Å². The van der Waals surface area contributed by atoms with E-state index in [1.54, 1.807) is 12.5 Å². The lowest BCUT2D eigenvalue weighted by molar-refractivity contribution is -0.140. The second kappa shape index (κ2) is 2.38. The van der Waals surface area contributed by atoms with E-state index in [1.165, 1.54) is 12.8 Å². The number of carbonyl (C=O) groups is 1. The summed E-state index contributed by atoms with van der Waals surface area (Å²) in [7, 11) is 0. The van der Waals surface area contributed by atoms with Crippen LogP contribution in [-0.4, -0.2) is 20.6 Å². The molecule has 0 atom stereocenters. The first-order valence-corrected chi connectivity index (χ1v) is 5.00. The fraction of sp³-hybridized carbons (Fsp3) is 0.600. The molecule has 0 radical (unpaired) electrons. The van der Waals surface area contributed by atoms with E-state index < -0.39 is 11.4 Å². The van der Waals surface area contributed by atoms with Crippen molar-refractivity contribution >= 4 is 5.97 Å². The van der Waals surface area contributed by atoms with Crippen LogP contribution in [0.4, 0.5) is 0 Å². The Morgan fingerprint density at radius 1 is 1.57 bits per heavy atom. The average molecular weight is 192 g/mol. The number of imidazole rings is 1. The van der Waals surface area contributed by atoms with E-state index in [0.29, 0.717) is 6.04 Å². The molecule has 2 saturated carbocycles. The maximum absolute atomic E-state index is 11.1. The van der Waals surface area contributed by atoms with Crippen molar-refractivity contribution in [2.45, 2.75) is 37.1 Å². The van der Waals surface area contributed by atoms with Gasteiger partial charge < -0.3 is 9.67 Å². The molecule has 1 heterocycles. The Labute approximate surface area is 81.6 Å². The van der Waals surface area contributed by atoms with Gasteiger partial charge in [0.05, 0.1) is 12.0 Å². The van der Waals surface area contributed by atoms with Crippen LogP contribution in [0.15, 0.2) is 12.5 Å². The highest BCUT2D eigenvalue weighted by atomic mass is 16.4. The van der Waals surface area contributed by atoms with Crippen LogP contribution in [-0.2, 0) is 10.2 Å². The molecule has 0 aliphatic heterocycles. The standard InChI is InChI=1S/C10H12N2O2/c13-9(14)10(3-4-10)8-5-11-6-12(8)7-1-2-7/h5-7H,1-4H2,(H,13,14). The third kappa shape index (κ3) is 0.937. The highest BCUT2D eigenvalue weighted by Gasteiger charge is 2.54. The lowest BCUT2D eigenvalue weighted by atomic mass is 10.0. The third-order valence-electron chi connectivity index (χ3n) is 3.26. The van der Waals surface area contributed by atoms with Crippen molar-refractivity contribution in [3.05, 3.63) is 18.2 Å². The van der Waals surface area contributed by atoms with Crippen LogP contribution in [0, 0.1) is 0 Å². The zero-order chi connectivity index (χ0) is 9.76. The molecule has 2 fully saturated rings. The number of nitrogens with zero attached hydrogens (tertiary/aromatic N) is 2. The Balaban J connectivity index is 2.03. The van der Waals surface area contributed by atoms with Gasteiger partial charge in [-0.3, -0.25) is 4.79 Å². The lowest BCUT2D eigenvalue weighted by Crippen LogP contribution is -2.22. The molecular formula is C10H12N2O2. The number of hydrogen-bond acceptors (Lipinski definition) is 2. The predicted molar refractivity (Wildman–Crippen MR) is 49.0 cm³/mol. The van der Waals surface area contributed by atoms with Gasteiger partial charge in [-0.15, -0.1) is 0 Å². The molecule has 4 heteroatoms. The van der Waals surface area contributed by atoms with E-state index in [0.717, 1.165) is 18.5 Å². The Kier molecular flexibility index (Phi) is 1.36. The molecule has 0 bridgehead atoms. The van der Waals surface area contributed by atoms with Crippen LogP contribution in [0.2, 0.25) is 0 Å². The maximum atomic E-state index is 11.1. The zero-order valence-electron chi connectivity index (χ0n) is 7.81. The molecule has 0 amide bonds. The average Bonchev–Trinajstić information content (AvgIpc) is 3.06. The molecule has 2 aliphatic rings. The topological polar surface area (TPSA) is 55.1 Å². The number of aliphatic carboxylic acids is 1. The van der Waals surface area contributed by atoms with Crippen LogP contribution in [0.5, 0.6) is 0 Å². The zero-order valence-corrected chi connectivity index (χ0v) is 7.81. The highest BCUT2D eigenvalue weighted by Crippen LogP contribution is 2.50. The second-order valence-corrected chi connectivity index (χ2v) is 4.30. The van der Waals surface area contributed by atoms with Crippen molar-refractivity contribution in [3.8, 4) is 0 Å². The fourth-order valence-electron chi connectivity index (χ4n) is 2.02.